The number of benzene rings is 2. The molecule has 3 aromatic rings. The molecule has 2 N–H and O–H groups in total. The molecule has 0 aliphatic heterocycles. The van der Waals surface area contributed by atoms with Crippen molar-refractivity contribution in [3.8, 4) is 5.75 Å². The van der Waals surface area contributed by atoms with Crippen molar-refractivity contribution in [3.63, 3.8) is 0 Å². The van der Waals surface area contributed by atoms with E-state index in [0.29, 0.717) is 17.2 Å². The minimum atomic E-state index is -0.393. The zero-order chi connectivity index (χ0) is 19.9. The lowest BCUT2D eigenvalue weighted by atomic mass is 10.2. The summed E-state index contributed by atoms with van der Waals surface area (Å²) in [6.07, 6.45) is 1.52. The molecule has 7 nitrogen and oxygen atoms in total. The van der Waals surface area contributed by atoms with Gasteiger partial charge in [-0.3, -0.25) is 0 Å². The summed E-state index contributed by atoms with van der Waals surface area (Å²) in [4.78, 5) is 20.2. The molecule has 0 aliphatic carbocycles. The fraction of sp³-hybridized carbons (Fsp3) is 0.190. The predicted molar refractivity (Wildman–Crippen MR) is 109 cm³/mol. The average molecular weight is 378 g/mol. The van der Waals surface area contributed by atoms with Crippen molar-refractivity contribution in [3.05, 3.63) is 66.5 Å². The molecule has 0 atom stereocenters. The lowest BCUT2D eigenvalue weighted by Crippen LogP contribution is -2.07. The van der Waals surface area contributed by atoms with Gasteiger partial charge in [0, 0.05) is 11.8 Å². The molecule has 0 unspecified atom stereocenters. The van der Waals surface area contributed by atoms with Gasteiger partial charge in [-0.25, -0.2) is 14.8 Å². The molecule has 2 aromatic carbocycles. The quantitative estimate of drug-likeness (QED) is 0.584. The topological polar surface area (TPSA) is 85.4 Å². The van der Waals surface area contributed by atoms with Crippen molar-refractivity contribution in [2.75, 3.05) is 17.7 Å². The lowest BCUT2D eigenvalue weighted by Gasteiger charge is -2.15. The van der Waals surface area contributed by atoms with Crippen LogP contribution in [0.15, 0.2) is 60.9 Å². The summed E-state index contributed by atoms with van der Waals surface area (Å²) in [5.41, 5.74) is 1.99. The van der Waals surface area contributed by atoms with E-state index < -0.39 is 5.97 Å². The average Bonchev–Trinajstić information content (AvgIpc) is 2.69. The molecule has 0 bridgehead atoms. The number of carbonyl (C=O) groups is 1. The number of hydrogen-bond donors (Lipinski definition) is 2. The molecule has 144 valence electrons. The Morgan fingerprint density at radius 1 is 0.964 bits per heavy atom. The van der Waals surface area contributed by atoms with Crippen LogP contribution in [-0.2, 0) is 4.74 Å². The molecule has 0 saturated heterocycles. The van der Waals surface area contributed by atoms with Gasteiger partial charge < -0.3 is 20.1 Å². The zero-order valence-electron chi connectivity index (χ0n) is 16.0. The van der Waals surface area contributed by atoms with Crippen molar-refractivity contribution < 1.29 is 14.3 Å². The van der Waals surface area contributed by atoms with Crippen LogP contribution >= 0.6 is 0 Å². The molecule has 0 aliphatic rings. The van der Waals surface area contributed by atoms with Gasteiger partial charge in [-0.15, -0.1) is 0 Å². The predicted octanol–water partition coefficient (Wildman–Crippen LogP) is 4.54. The number of nitrogens with one attached hydrogen (secondary N) is 2. The number of methoxy groups -OCH3 is 1. The van der Waals surface area contributed by atoms with Crippen LogP contribution in [0.3, 0.4) is 0 Å². The summed E-state index contributed by atoms with van der Waals surface area (Å²) >= 11 is 0. The first-order chi connectivity index (χ1) is 13.5. The SMILES string of the molecule is COC(=O)c1cccc(Nc2cc(Nc3ccccc3OC(C)C)ncn2)c1. The maximum absolute atomic E-state index is 11.7. The molecule has 0 spiro atoms. The third-order valence-electron chi connectivity index (χ3n) is 3.74. The van der Waals surface area contributed by atoms with E-state index in [1.54, 1.807) is 24.3 Å². The van der Waals surface area contributed by atoms with Gasteiger partial charge in [0.1, 0.15) is 23.7 Å². The Morgan fingerprint density at radius 3 is 2.46 bits per heavy atom. The summed E-state index contributed by atoms with van der Waals surface area (Å²) in [7, 11) is 1.35. The van der Waals surface area contributed by atoms with Gasteiger partial charge in [-0.2, -0.15) is 0 Å². The van der Waals surface area contributed by atoms with Gasteiger partial charge in [0.15, 0.2) is 0 Å². The van der Waals surface area contributed by atoms with E-state index in [1.165, 1.54) is 13.4 Å². The Balaban J connectivity index is 1.78. The molecular formula is C21H22N4O3. The van der Waals surface area contributed by atoms with Crippen molar-refractivity contribution in [2.24, 2.45) is 0 Å². The fourth-order valence-corrected chi connectivity index (χ4v) is 2.55. The monoisotopic (exact) mass is 378 g/mol. The van der Waals surface area contributed by atoms with E-state index in [0.717, 1.165) is 17.1 Å². The van der Waals surface area contributed by atoms with Gasteiger partial charge in [-0.05, 0) is 44.2 Å². The summed E-state index contributed by atoms with van der Waals surface area (Å²) in [5.74, 6) is 1.55. The number of anilines is 4. The maximum atomic E-state index is 11.7. The van der Waals surface area contributed by atoms with E-state index in [2.05, 4.69) is 20.6 Å². The molecule has 7 heteroatoms. The minimum absolute atomic E-state index is 0.0627. The van der Waals surface area contributed by atoms with Crippen molar-refractivity contribution in [1.82, 2.24) is 9.97 Å². The summed E-state index contributed by atoms with van der Waals surface area (Å²) in [6.45, 7) is 3.96. The molecule has 0 radical (unpaired) electrons. The summed E-state index contributed by atoms with van der Waals surface area (Å²) < 4.78 is 10.6. The molecule has 0 amide bonds. The number of esters is 1. The van der Waals surface area contributed by atoms with Crippen LogP contribution in [0.4, 0.5) is 23.0 Å². The second-order valence-corrected chi connectivity index (χ2v) is 6.27. The second-order valence-electron chi connectivity index (χ2n) is 6.27. The number of ether oxygens (including phenoxy) is 2. The molecule has 0 fully saturated rings. The van der Waals surface area contributed by atoms with Crippen molar-refractivity contribution in [2.45, 2.75) is 20.0 Å². The van der Waals surface area contributed by atoms with Crippen LogP contribution in [-0.4, -0.2) is 29.2 Å². The number of hydrogen-bond acceptors (Lipinski definition) is 7. The highest BCUT2D eigenvalue weighted by molar-refractivity contribution is 5.90. The number of carbonyl (C=O) groups excluding carboxylic acids is 1. The number of rotatable bonds is 7. The highest BCUT2D eigenvalue weighted by Gasteiger charge is 2.08. The van der Waals surface area contributed by atoms with Gasteiger partial charge >= 0.3 is 5.97 Å². The minimum Gasteiger partial charge on any atom is -0.489 e. The third kappa shape index (κ3) is 4.97. The van der Waals surface area contributed by atoms with E-state index in [-0.39, 0.29) is 6.10 Å². The van der Waals surface area contributed by atoms with Crippen LogP contribution in [0.5, 0.6) is 5.75 Å². The molecular weight excluding hydrogens is 356 g/mol. The Morgan fingerprint density at radius 2 is 1.71 bits per heavy atom. The molecule has 1 heterocycles. The van der Waals surface area contributed by atoms with E-state index in [9.17, 15) is 4.79 Å². The Kier molecular flexibility index (Phi) is 6.06. The smallest absolute Gasteiger partial charge is 0.337 e. The summed E-state index contributed by atoms with van der Waals surface area (Å²) in [5, 5.41) is 6.42. The molecule has 28 heavy (non-hydrogen) atoms. The fourth-order valence-electron chi connectivity index (χ4n) is 2.55. The lowest BCUT2D eigenvalue weighted by molar-refractivity contribution is 0.0601. The van der Waals surface area contributed by atoms with Crippen LogP contribution in [0.25, 0.3) is 0 Å². The normalized spacial score (nSPS) is 10.4. The van der Waals surface area contributed by atoms with E-state index in [4.69, 9.17) is 9.47 Å². The maximum Gasteiger partial charge on any atom is 0.337 e. The zero-order valence-corrected chi connectivity index (χ0v) is 16.0. The van der Waals surface area contributed by atoms with Crippen LogP contribution in [0.2, 0.25) is 0 Å². The molecule has 0 saturated carbocycles. The first-order valence-corrected chi connectivity index (χ1v) is 8.85. The van der Waals surface area contributed by atoms with Crippen molar-refractivity contribution >= 4 is 29.0 Å². The third-order valence-corrected chi connectivity index (χ3v) is 3.74. The standard InChI is InChI=1S/C21H22N4O3/c1-14(2)28-18-10-5-4-9-17(18)25-20-12-19(22-13-23-20)24-16-8-6-7-15(11-16)21(26)27-3/h4-14H,1-3H3,(H2,22,23,24,25). The highest BCUT2D eigenvalue weighted by Crippen LogP contribution is 2.28. The first-order valence-electron chi connectivity index (χ1n) is 8.85. The van der Waals surface area contributed by atoms with Gasteiger partial charge in [0.2, 0.25) is 0 Å². The Labute approximate surface area is 163 Å². The highest BCUT2D eigenvalue weighted by atomic mass is 16.5. The Hall–Kier alpha value is -3.61. The largest absolute Gasteiger partial charge is 0.489 e. The van der Waals surface area contributed by atoms with E-state index in [1.807, 2.05) is 44.2 Å². The van der Waals surface area contributed by atoms with Gasteiger partial charge in [-0.1, -0.05) is 18.2 Å². The van der Waals surface area contributed by atoms with Crippen molar-refractivity contribution in [1.29, 1.82) is 0 Å². The van der Waals surface area contributed by atoms with Crippen LogP contribution in [0.1, 0.15) is 24.2 Å². The number of para-hydroxylation sites is 2. The number of nitrogens with zero attached hydrogens (tertiary/aromatic N) is 2. The van der Waals surface area contributed by atoms with E-state index >= 15 is 0 Å². The first kappa shape index (κ1) is 19.2. The van der Waals surface area contributed by atoms with Gasteiger partial charge in [0.05, 0.1) is 24.5 Å². The van der Waals surface area contributed by atoms with Gasteiger partial charge in [0.25, 0.3) is 0 Å². The van der Waals surface area contributed by atoms with Crippen LogP contribution < -0.4 is 15.4 Å². The Bertz CT molecular complexity index is 960. The number of aromatic nitrogens is 2. The molecule has 3 rings (SSSR count). The summed E-state index contributed by atoms with van der Waals surface area (Å²) in [6, 6.07) is 16.5. The molecule has 1 aromatic heterocycles. The second kappa shape index (κ2) is 8.85. The van der Waals surface area contributed by atoms with Crippen LogP contribution in [0, 0.1) is 0 Å².